The van der Waals surface area contributed by atoms with Gasteiger partial charge in [0.15, 0.2) is 6.61 Å². The molecular formula is C18H26O6. The number of ether oxygens (including phenoxy) is 3. The van der Waals surface area contributed by atoms with Crippen LogP contribution in [0.5, 0.6) is 0 Å². The number of carbonyl (C=O) groups excluding carboxylic acids is 2. The van der Waals surface area contributed by atoms with Crippen molar-refractivity contribution in [2.24, 2.45) is 5.92 Å². The SMILES string of the molecule is C=C(C)C(=O)OCC(=O)OC12CC3CC(O)(CC(OCC)(C3)C1)C2. The highest BCUT2D eigenvalue weighted by molar-refractivity contribution is 5.88. The molecule has 1 N–H and O–H groups in total. The van der Waals surface area contributed by atoms with Gasteiger partial charge in [-0.15, -0.1) is 0 Å². The molecule has 0 aliphatic heterocycles. The second-order valence-corrected chi connectivity index (χ2v) is 7.86. The molecule has 6 heteroatoms. The molecular weight excluding hydrogens is 312 g/mol. The highest BCUT2D eigenvalue weighted by atomic mass is 16.6. The van der Waals surface area contributed by atoms with E-state index in [4.69, 9.17) is 14.2 Å². The normalized spacial score (nSPS) is 39.5. The van der Waals surface area contributed by atoms with Crippen molar-refractivity contribution in [1.82, 2.24) is 0 Å². The van der Waals surface area contributed by atoms with Crippen LogP contribution in [0.3, 0.4) is 0 Å². The van der Waals surface area contributed by atoms with E-state index in [0.717, 1.165) is 19.3 Å². The maximum Gasteiger partial charge on any atom is 0.344 e. The largest absolute Gasteiger partial charge is 0.456 e. The second kappa shape index (κ2) is 5.85. The highest BCUT2D eigenvalue weighted by Gasteiger charge is 2.65. The van der Waals surface area contributed by atoms with E-state index in [2.05, 4.69) is 6.58 Å². The van der Waals surface area contributed by atoms with Crippen LogP contribution in [0.1, 0.15) is 52.4 Å². The number of rotatable bonds is 6. The van der Waals surface area contributed by atoms with Gasteiger partial charge in [-0.2, -0.15) is 0 Å². The Bertz CT molecular complexity index is 572. The van der Waals surface area contributed by atoms with Crippen molar-refractivity contribution < 1.29 is 28.9 Å². The van der Waals surface area contributed by atoms with E-state index in [9.17, 15) is 14.7 Å². The molecule has 0 spiro atoms. The Balaban J connectivity index is 1.69. The van der Waals surface area contributed by atoms with Crippen LogP contribution in [0, 0.1) is 5.92 Å². The molecule has 24 heavy (non-hydrogen) atoms. The van der Waals surface area contributed by atoms with E-state index in [1.807, 2.05) is 6.92 Å². The van der Waals surface area contributed by atoms with E-state index in [-0.39, 0.29) is 5.57 Å². The summed E-state index contributed by atoms with van der Waals surface area (Å²) in [5, 5.41) is 10.9. The van der Waals surface area contributed by atoms with Crippen LogP contribution in [0.2, 0.25) is 0 Å². The van der Waals surface area contributed by atoms with Crippen LogP contribution < -0.4 is 0 Å². The number of carbonyl (C=O) groups is 2. The van der Waals surface area contributed by atoms with Crippen LogP contribution >= 0.6 is 0 Å². The zero-order valence-corrected chi connectivity index (χ0v) is 14.4. The smallest absolute Gasteiger partial charge is 0.344 e. The molecule has 4 unspecified atom stereocenters. The third-order valence-electron chi connectivity index (χ3n) is 5.39. The monoisotopic (exact) mass is 338 g/mol. The maximum absolute atomic E-state index is 12.2. The van der Waals surface area contributed by atoms with Gasteiger partial charge in [0.25, 0.3) is 0 Å². The van der Waals surface area contributed by atoms with Crippen LogP contribution in [-0.4, -0.2) is 47.1 Å². The van der Waals surface area contributed by atoms with Crippen LogP contribution in [0.25, 0.3) is 0 Å². The first-order valence-electron chi connectivity index (χ1n) is 8.60. The van der Waals surface area contributed by atoms with Gasteiger partial charge in [-0.1, -0.05) is 6.58 Å². The molecule has 0 aromatic carbocycles. The van der Waals surface area contributed by atoms with Crippen molar-refractivity contribution in [2.45, 2.75) is 69.2 Å². The molecule has 4 saturated carbocycles. The Morgan fingerprint density at radius 3 is 2.46 bits per heavy atom. The predicted octanol–water partition coefficient (Wildman–Crippen LogP) is 1.89. The molecule has 0 heterocycles. The lowest BCUT2D eigenvalue weighted by molar-refractivity contribution is -0.273. The zero-order chi connectivity index (χ0) is 17.6. The summed E-state index contributed by atoms with van der Waals surface area (Å²) >= 11 is 0. The quantitative estimate of drug-likeness (QED) is 0.588. The molecule has 0 aromatic rings. The average molecular weight is 338 g/mol. The molecule has 4 aliphatic carbocycles. The van der Waals surface area contributed by atoms with E-state index in [1.54, 1.807) is 0 Å². The van der Waals surface area contributed by atoms with Gasteiger partial charge in [0.1, 0.15) is 5.60 Å². The molecule has 134 valence electrons. The minimum Gasteiger partial charge on any atom is -0.456 e. The summed E-state index contributed by atoms with van der Waals surface area (Å²) in [6.07, 6.45) is 4.04. The fourth-order valence-electron chi connectivity index (χ4n) is 5.31. The maximum atomic E-state index is 12.2. The fraction of sp³-hybridized carbons (Fsp3) is 0.778. The Morgan fingerprint density at radius 1 is 1.17 bits per heavy atom. The Hall–Kier alpha value is -1.40. The summed E-state index contributed by atoms with van der Waals surface area (Å²) in [5.41, 5.74) is -1.71. The van der Waals surface area contributed by atoms with Crippen molar-refractivity contribution in [3.05, 3.63) is 12.2 Å². The van der Waals surface area contributed by atoms with Gasteiger partial charge in [-0.05, 0) is 39.0 Å². The number of aliphatic hydroxyl groups is 1. The molecule has 4 aliphatic rings. The van der Waals surface area contributed by atoms with E-state index < -0.39 is 35.3 Å². The van der Waals surface area contributed by atoms with Crippen LogP contribution in [0.4, 0.5) is 0 Å². The summed E-state index contributed by atoms with van der Waals surface area (Å²) in [5.74, 6) is -0.896. The molecule has 0 amide bonds. The molecule has 4 bridgehead atoms. The van der Waals surface area contributed by atoms with Crippen LogP contribution in [-0.2, 0) is 23.8 Å². The van der Waals surface area contributed by atoms with E-state index in [1.165, 1.54) is 6.92 Å². The summed E-state index contributed by atoms with van der Waals surface area (Å²) in [4.78, 5) is 23.6. The lowest BCUT2D eigenvalue weighted by Crippen LogP contribution is -2.67. The van der Waals surface area contributed by atoms with Crippen molar-refractivity contribution in [3.8, 4) is 0 Å². The molecule has 4 fully saturated rings. The van der Waals surface area contributed by atoms with Gasteiger partial charge in [-0.3, -0.25) is 0 Å². The molecule has 4 atom stereocenters. The van der Waals surface area contributed by atoms with Gasteiger partial charge in [0.2, 0.25) is 0 Å². The van der Waals surface area contributed by atoms with Gasteiger partial charge in [0, 0.05) is 31.4 Å². The topological polar surface area (TPSA) is 82.1 Å². The van der Waals surface area contributed by atoms with Crippen molar-refractivity contribution in [1.29, 1.82) is 0 Å². The first kappa shape index (κ1) is 17.4. The van der Waals surface area contributed by atoms with Crippen LogP contribution in [0.15, 0.2) is 12.2 Å². The molecule has 0 radical (unpaired) electrons. The number of hydrogen-bond acceptors (Lipinski definition) is 6. The molecule has 6 nitrogen and oxygen atoms in total. The van der Waals surface area contributed by atoms with Crippen molar-refractivity contribution in [2.75, 3.05) is 13.2 Å². The van der Waals surface area contributed by atoms with Crippen molar-refractivity contribution in [3.63, 3.8) is 0 Å². The lowest BCUT2D eigenvalue weighted by Gasteiger charge is -2.63. The Morgan fingerprint density at radius 2 is 1.83 bits per heavy atom. The Kier molecular flexibility index (Phi) is 4.24. The fourth-order valence-corrected chi connectivity index (χ4v) is 5.31. The highest BCUT2D eigenvalue weighted by Crippen LogP contribution is 2.61. The zero-order valence-electron chi connectivity index (χ0n) is 14.4. The van der Waals surface area contributed by atoms with Gasteiger partial charge in [0.05, 0.1) is 11.2 Å². The van der Waals surface area contributed by atoms with Gasteiger partial charge >= 0.3 is 11.9 Å². The van der Waals surface area contributed by atoms with Gasteiger partial charge < -0.3 is 19.3 Å². The lowest BCUT2D eigenvalue weighted by atomic mass is 9.50. The summed E-state index contributed by atoms with van der Waals surface area (Å²) < 4.78 is 16.6. The number of esters is 2. The van der Waals surface area contributed by atoms with Crippen molar-refractivity contribution >= 4 is 11.9 Å². The molecule has 0 saturated heterocycles. The predicted molar refractivity (Wildman–Crippen MR) is 85.1 cm³/mol. The summed E-state index contributed by atoms with van der Waals surface area (Å²) in [6, 6.07) is 0. The minimum absolute atomic E-state index is 0.238. The number of hydrogen-bond donors (Lipinski definition) is 1. The minimum atomic E-state index is -0.830. The third kappa shape index (κ3) is 3.22. The average Bonchev–Trinajstić information content (AvgIpc) is 2.41. The Labute approximate surface area is 142 Å². The van der Waals surface area contributed by atoms with E-state index >= 15 is 0 Å². The third-order valence-corrected chi connectivity index (χ3v) is 5.39. The second-order valence-electron chi connectivity index (χ2n) is 7.86. The first-order valence-corrected chi connectivity index (χ1v) is 8.60. The molecule has 4 rings (SSSR count). The van der Waals surface area contributed by atoms with Gasteiger partial charge in [-0.25, -0.2) is 9.59 Å². The standard InChI is InChI=1S/C18H26O6/c1-4-23-17-6-13-5-16(21,9-17)10-18(7-13,11-17)24-14(19)8-22-15(20)12(2)3/h13,21H,2,4-11H2,1,3H3. The summed E-state index contributed by atoms with van der Waals surface area (Å²) in [6.45, 7) is 7.08. The van der Waals surface area contributed by atoms with E-state index in [0.29, 0.717) is 31.8 Å². The first-order chi connectivity index (χ1) is 11.2. The molecule has 0 aromatic heterocycles. The summed E-state index contributed by atoms with van der Waals surface area (Å²) in [7, 11) is 0.